The summed E-state index contributed by atoms with van der Waals surface area (Å²) in [7, 11) is 1.76. The summed E-state index contributed by atoms with van der Waals surface area (Å²) < 4.78 is 11.0. The Balaban J connectivity index is 2.16. The highest BCUT2D eigenvalue weighted by molar-refractivity contribution is 7.54. The summed E-state index contributed by atoms with van der Waals surface area (Å²) in [6, 6.07) is 4.43. The van der Waals surface area contributed by atoms with Crippen molar-refractivity contribution in [2.75, 3.05) is 19.1 Å². The molecule has 2 unspecified atom stereocenters. The second-order valence-electron chi connectivity index (χ2n) is 5.80. The van der Waals surface area contributed by atoms with Crippen LogP contribution in [0.3, 0.4) is 0 Å². The molecule has 0 aromatic heterocycles. The first-order chi connectivity index (χ1) is 9.06. The second kappa shape index (κ2) is 6.91. The monoisotopic (exact) mass is 298 g/mol. The van der Waals surface area contributed by atoms with Crippen molar-refractivity contribution in [3.05, 3.63) is 12.1 Å². The lowest BCUT2D eigenvalue weighted by molar-refractivity contribution is 0.174. The van der Waals surface area contributed by atoms with E-state index in [1.807, 2.05) is 0 Å². The average molecular weight is 298 g/mol. The summed E-state index contributed by atoms with van der Waals surface area (Å²) in [5, 5.41) is 2.97. The Labute approximate surface area is 120 Å². The van der Waals surface area contributed by atoms with E-state index in [1.165, 1.54) is 22.9 Å². The summed E-state index contributed by atoms with van der Waals surface area (Å²) in [5.41, 5.74) is 0. The lowest BCUT2D eigenvalue weighted by atomic mass is 10.3. The summed E-state index contributed by atoms with van der Waals surface area (Å²) >= 11 is 0. The van der Waals surface area contributed by atoms with Crippen LogP contribution in [0, 0.1) is 11.8 Å². The van der Waals surface area contributed by atoms with Gasteiger partial charge in [-0.05, 0) is 46.9 Å². The molecule has 2 rings (SSSR count). The van der Waals surface area contributed by atoms with Crippen molar-refractivity contribution in [2.45, 2.75) is 27.7 Å². The van der Waals surface area contributed by atoms with Crippen LogP contribution in [0.15, 0.2) is 12.1 Å². The molecular formula is C15H24O2P2. The SMILES string of the molecule is CC(C)CPc1cc2c(cc1PCC(C)C)OCO2. The Bertz CT molecular complexity index is 391. The smallest absolute Gasteiger partial charge is 0.231 e. The predicted octanol–water partition coefficient (Wildman–Crippen LogP) is 3.33. The molecule has 1 aliphatic rings. The van der Waals surface area contributed by atoms with Gasteiger partial charge in [0.15, 0.2) is 11.5 Å². The van der Waals surface area contributed by atoms with Crippen molar-refractivity contribution in [2.24, 2.45) is 11.8 Å². The molecule has 1 heterocycles. The molecule has 0 aliphatic carbocycles. The van der Waals surface area contributed by atoms with Gasteiger partial charge in [-0.2, -0.15) is 0 Å². The van der Waals surface area contributed by atoms with Crippen LogP contribution in [0.2, 0.25) is 0 Å². The minimum absolute atomic E-state index is 0.374. The fraction of sp³-hybridized carbons (Fsp3) is 0.600. The molecule has 0 spiro atoms. The molecule has 0 N–H and O–H groups in total. The van der Waals surface area contributed by atoms with Gasteiger partial charge in [0.2, 0.25) is 6.79 Å². The molecular weight excluding hydrogens is 274 g/mol. The van der Waals surface area contributed by atoms with Crippen LogP contribution in [0.1, 0.15) is 27.7 Å². The topological polar surface area (TPSA) is 18.5 Å². The molecule has 0 bridgehead atoms. The second-order valence-corrected chi connectivity index (χ2v) is 8.40. The zero-order valence-corrected chi connectivity index (χ0v) is 14.2. The highest BCUT2D eigenvalue weighted by atomic mass is 31.1. The van der Waals surface area contributed by atoms with Crippen LogP contribution in [-0.4, -0.2) is 19.1 Å². The van der Waals surface area contributed by atoms with Gasteiger partial charge in [-0.1, -0.05) is 44.9 Å². The number of ether oxygens (including phenoxy) is 2. The number of rotatable bonds is 6. The van der Waals surface area contributed by atoms with Crippen LogP contribution in [-0.2, 0) is 0 Å². The lowest BCUT2D eigenvalue weighted by Gasteiger charge is -2.13. The van der Waals surface area contributed by atoms with E-state index in [-0.39, 0.29) is 0 Å². The van der Waals surface area contributed by atoms with Crippen LogP contribution in [0.25, 0.3) is 0 Å². The number of hydrogen-bond donors (Lipinski definition) is 0. The van der Waals surface area contributed by atoms with Crippen molar-refractivity contribution < 1.29 is 9.47 Å². The van der Waals surface area contributed by atoms with E-state index in [0.29, 0.717) is 6.79 Å². The van der Waals surface area contributed by atoms with E-state index in [4.69, 9.17) is 9.47 Å². The van der Waals surface area contributed by atoms with Gasteiger partial charge in [0.25, 0.3) is 0 Å². The molecule has 0 fully saturated rings. The third-order valence-corrected chi connectivity index (χ3v) is 6.79. The van der Waals surface area contributed by atoms with Gasteiger partial charge >= 0.3 is 0 Å². The Morgan fingerprint density at radius 2 is 1.32 bits per heavy atom. The minimum Gasteiger partial charge on any atom is -0.454 e. The maximum absolute atomic E-state index is 5.51. The van der Waals surface area contributed by atoms with E-state index in [1.54, 1.807) is 0 Å². The van der Waals surface area contributed by atoms with Crippen molar-refractivity contribution in [3.63, 3.8) is 0 Å². The summed E-state index contributed by atoms with van der Waals surface area (Å²) in [6.07, 6.45) is 2.53. The van der Waals surface area contributed by atoms with E-state index in [0.717, 1.165) is 40.5 Å². The van der Waals surface area contributed by atoms with E-state index in [9.17, 15) is 0 Å². The number of benzene rings is 1. The van der Waals surface area contributed by atoms with E-state index >= 15 is 0 Å². The highest BCUT2D eigenvalue weighted by Gasteiger charge is 2.17. The zero-order chi connectivity index (χ0) is 13.8. The number of hydrogen-bond acceptors (Lipinski definition) is 2. The van der Waals surface area contributed by atoms with Crippen LogP contribution >= 0.6 is 17.2 Å². The molecule has 0 saturated carbocycles. The Hall–Kier alpha value is -0.320. The van der Waals surface area contributed by atoms with E-state index in [2.05, 4.69) is 39.8 Å². The van der Waals surface area contributed by atoms with Crippen LogP contribution < -0.4 is 20.1 Å². The molecule has 1 aromatic rings. The predicted molar refractivity (Wildman–Crippen MR) is 87.9 cm³/mol. The van der Waals surface area contributed by atoms with Gasteiger partial charge in [0, 0.05) is 0 Å². The Kier molecular flexibility index (Phi) is 5.48. The summed E-state index contributed by atoms with van der Waals surface area (Å²) in [5.74, 6) is 3.38. The molecule has 0 amide bonds. The van der Waals surface area contributed by atoms with Crippen molar-refractivity contribution in [3.8, 4) is 11.5 Å². The van der Waals surface area contributed by atoms with Crippen LogP contribution in [0.5, 0.6) is 11.5 Å². The first-order valence-electron chi connectivity index (χ1n) is 6.97. The van der Waals surface area contributed by atoms with E-state index < -0.39 is 0 Å². The van der Waals surface area contributed by atoms with Gasteiger partial charge in [-0.15, -0.1) is 0 Å². The average Bonchev–Trinajstić information content (AvgIpc) is 2.79. The molecule has 1 aliphatic heterocycles. The van der Waals surface area contributed by atoms with Crippen molar-refractivity contribution in [1.82, 2.24) is 0 Å². The molecule has 4 heteroatoms. The summed E-state index contributed by atoms with van der Waals surface area (Å²) in [4.78, 5) is 0. The standard InChI is InChI=1S/C15H24O2P2/c1-10(2)7-18-14-5-12-13(17-9-16-12)6-15(14)19-8-11(3)4/h5-6,10-11,18-19H,7-9H2,1-4H3. The van der Waals surface area contributed by atoms with Gasteiger partial charge in [-0.3, -0.25) is 0 Å². The highest BCUT2D eigenvalue weighted by Crippen LogP contribution is 2.34. The first-order valence-corrected chi connectivity index (χ1v) is 9.39. The quantitative estimate of drug-likeness (QED) is 0.750. The van der Waals surface area contributed by atoms with Crippen molar-refractivity contribution >= 4 is 27.8 Å². The molecule has 2 nitrogen and oxygen atoms in total. The van der Waals surface area contributed by atoms with Gasteiger partial charge in [-0.25, -0.2) is 0 Å². The fourth-order valence-corrected chi connectivity index (χ4v) is 4.64. The lowest BCUT2D eigenvalue weighted by Crippen LogP contribution is -2.17. The normalized spacial score (nSPS) is 14.8. The third-order valence-electron chi connectivity index (χ3n) is 2.91. The maximum Gasteiger partial charge on any atom is 0.231 e. The molecule has 1 aromatic carbocycles. The third kappa shape index (κ3) is 4.33. The van der Waals surface area contributed by atoms with Gasteiger partial charge in [0.05, 0.1) is 0 Å². The molecule has 0 radical (unpaired) electrons. The maximum atomic E-state index is 5.51. The van der Waals surface area contributed by atoms with Gasteiger partial charge < -0.3 is 9.47 Å². The summed E-state index contributed by atoms with van der Waals surface area (Å²) in [6.45, 7) is 9.52. The zero-order valence-electron chi connectivity index (χ0n) is 12.2. The molecule has 0 saturated heterocycles. The van der Waals surface area contributed by atoms with Gasteiger partial charge in [0.1, 0.15) is 0 Å². The molecule has 106 valence electrons. The van der Waals surface area contributed by atoms with Crippen molar-refractivity contribution in [1.29, 1.82) is 0 Å². The fourth-order valence-electron chi connectivity index (χ4n) is 1.86. The largest absolute Gasteiger partial charge is 0.454 e. The number of fused-ring (bicyclic) bond motifs is 1. The minimum atomic E-state index is 0.374. The van der Waals surface area contributed by atoms with Crippen LogP contribution in [0.4, 0.5) is 0 Å². The first kappa shape index (κ1) is 15.1. The Morgan fingerprint density at radius 1 is 0.895 bits per heavy atom. The molecule has 2 atom stereocenters. The molecule has 19 heavy (non-hydrogen) atoms. The Morgan fingerprint density at radius 3 is 1.68 bits per heavy atom.